The minimum absolute atomic E-state index is 0.499. The molecule has 7 heteroatoms. The molecule has 0 amide bonds. The summed E-state index contributed by atoms with van der Waals surface area (Å²) in [5, 5.41) is 22.1. The van der Waals surface area contributed by atoms with Crippen LogP contribution in [-0.4, -0.2) is 73.1 Å². The largest absolute Gasteiger partial charge is 0.385 e. The van der Waals surface area contributed by atoms with Crippen LogP contribution in [0.15, 0.2) is 97.6 Å². The number of aromatic nitrogens is 2. The molecule has 2 heterocycles. The number of nitrogens with zero attached hydrogens (tertiary/aromatic N) is 5. The molecule has 7 nitrogen and oxygen atoms in total. The third kappa shape index (κ3) is 13.1. The fourth-order valence-electron chi connectivity index (χ4n) is 6.40. The molecule has 0 aliphatic rings. The predicted molar refractivity (Wildman–Crippen MR) is 214 cm³/mol. The fraction of sp³-hybridized carbons (Fsp3) is 0.409. The predicted octanol–water partition coefficient (Wildman–Crippen LogP) is 6.82. The molecule has 4 rings (SSSR count). The van der Waals surface area contributed by atoms with Crippen LogP contribution in [0.1, 0.15) is 69.7 Å². The molecule has 0 aliphatic heterocycles. The Balaban J connectivity index is 1.25. The van der Waals surface area contributed by atoms with E-state index in [1.54, 1.807) is 0 Å². The van der Waals surface area contributed by atoms with Gasteiger partial charge in [0.25, 0.3) is 0 Å². The molecule has 0 fully saturated rings. The molecule has 0 spiro atoms. The molecule has 2 N–H and O–H groups in total. The zero-order valence-electron chi connectivity index (χ0n) is 31.6. The van der Waals surface area contributed by atoms with E-state index in [2.05, 4.69) is 146 Å². The zero-order chi connectivity index (χ0) is 36.4. The molecule has 2 aromatic heterocycles. The first-order valence-corrected chi connectivity index (χ1v) is 19.0. The van der Waals surface area contributed by atoms with Gasteiger partial charge in [0.2, 0.25) is 0 Å². The lowest BCUT2D eigenvalue weighted by molar-refractivity contribution is -0.704. The average molecular weight is 692 g/mol. The smallest absolute Gasteiger partial charge is 0.175 e. The lowest BCUT2D eigenvalue weighted by Crippen LogP contribution is -2.48. The van der Waals surface area contributed by atoms with Crippen molar-refractivity contribution in [1.29, 1.82) is 0 Å². The number of hydrogen-bond acceptors (Lipinski definition) is 5. The van der Waals surface area contributed by atoms with E-state index in [1.165, 1.54) is 22.5 Å². The van der Waals surface area contributed by atoms with Crippen molar-refractivity contribution in [3.05, 3.63) is 120 Å². The van der Waals surface area contributed by atoms with Gasteiger partial charge in [0, 0.05) is 74.9 Å². The summed E-state index contributed by atoms with van der Waals surface area (Å²) < 4.78 is 4.06. The third-order valence-electron chi connectivity index (χ3n) is 9.42. The second-order valence-corrected chi connectivity index (χ2v) is 13.3. The lowest BCUT2D eigenvalue weighted by Gasteiger charge is -2.25. The van der Waals surface area contributed by atoms with E-state index in [0.29, 0.717) is 26.2 Å². The maximum Gasteiger partial charge on any atom is 0.175 e. The summed E-state index contributed by atoms with van der Waals surface area (Å²) in [4.78, 5) is 6.89. The van der Waals surface area contributed by atoms with Crippen LogP contribution in [0, 0.1) is 0 Å². The number of aliphatic hydroxyl groups excluding tert-OH is 2. The summed E-state index contributed by atoms with van der Waals surface area (Å²) >= 11 is 0. The number of unbranched alkanes of at least 4 members (excludes halogenated alkanes) is 1. The highest BCUT2D eigenvalue weighted by molar-refractivity contribution is 5.71. The van der Waals surface area contributed by atoms with Crippen molar-refractivity contribution >= 4 is 35.7 Å². The average Bonchev–Trinajstić information content (AvgIpc) is 3.15. The summed E-state index contributed by atoms with van der Waals surface area (Å²) in [5.41, 5.74) is 7.07. The second kappa shape index (κ2) is 21.2. The monoisotopic (exact) mass is 691 g/mol. The Hall–Kier alpha value is -4.30. The van der Waals surface area contributed by atoms with Crippen molar-refractivity contribution in [2.75, 3.05) is 55.6 Å². The van der Waals surface area contributed by atoms with Gasteiger partial charge in [-0.25, -0.2) is 9.13 Å². The van der Waals surface area contributed by atoms with E-state index >= 15 is 0 Å². The quantitative estimate of drug-likeness (QED) is 0.0941. The maximum absolute atomic E-state index is 11.0. The highest BCUT2D eigenvalue weighted by Crippen LogP contribution is 2.18. The van der Waals surface area contributed by atoms with Gasteiger partial charge in [0.1, 0.15) is 12.2 Å². The molecule has 4 aromatic rings. The van der Waals surface area contributed by atoms with E-state index < -0.39 is 12.2 Å². The minimum atomic E-state index is -0.545. The molecule has 0 saturated heterocycles. The van der Waals surface area contributed by atoms with Crippen molar-refractivity contribution in [3.63, 3.8) is 0 Å². The first-order valence-electron chi connectivity index (χ1n) is 19.0. The molecular weight excluding hydrogens is 631 g/mol. The van der Waals surface area contributed by atoms with E-state index in [1.807, 2.05) is 33.9 Å². The van der Waals surface area contributed by atoms with Crippen molar-refractivity contribution < 1.29 is 19.3 Å². The standard InChI is InChI=1S/C44H61N5O2/c1-6-11-28-47(35-43(50)33-45-29-24-39(25-30-45)14-12-37-16-20-41(21-17-37)48(7-2)8-3)36-44(51)34-46-31-26-40(27-32-46)15-13-38-18-22-42(23-19-38)49(9-4)10-5/h12-27,29-32,43-44,50-51H,6-11,28,33-36H2,1-5H3/q+2. The lowest BCUT2D eigenvalue weighted by atomic mass is 10.1. The van der Waals surface area contributed by atoms with Gasteiger partial charge in [-0.15, -0.1) is 0 Å². The van der Waals surface area contributed by atoms with Crippen LogP contribution in [0.5, 0.6) is 0 Å². The fourth-order valence-corrected chi connectivity index (χ4v) is 6.40. The number of hydrogen-bond donors (Lipinski definition) is 2. The molecule has 0 aliphatic carbocycles. The van der Waals surface area contributed by atoms with E-state index in [0.717, 1.165) is 56.7 Å². The molecule has 272 valence electrons. The normalized spacial score (nSPS) is 12.9. The van der Waals surface area contributed by atoms with Crippen molar-refractivity contribution in [2.24, 2.45) is 0 Å². The molecule has 51 heavy (non-hydrogen) atoms. The number of pyridine rings is 2. The van der Waals surface area contributed by atoms with Crippen LogP contribution < -0.4 is 18.9 Å². The maximum atomic E-state index is 11.0. The summed E-state index contributed by atoms with van der Waals surface area (Å²) in [5.74, 6) is 0. The van der Waals surface area contributed by atoms with Crippen molar-refractivity contribution in [2.45, 2.75) is 72.8 Å². The molecule has 2 atom stereocenters. The van der Waals surface area contributed by atoms with Gasteiger partial charge >= 0.3 is 0 Å². The number of benzene rings is 2. The molecule has 2 aromatic carbocycles. The van der Waals surface area contributed by atoms with Crippen LogP contribution >= 0.6 is 0 Å². The topological polar surface area (TPSA) is 57.9 Å². The molecule has 0 bridgehead atoms. The Labute approximate surface area is 307 Å². The van der Waals surface area contributed by atoms with Gasteiger partial charge in [-0.05, 0) is 87.2 Å². The van der Waals surface area contributed by atoms with Crippen LogP contribution in [0.4, 0.5) is 11.4 Å². The Morgan fingerprint density at radius 3 is 1.16 bits per heavy atom. The van der Waals surface area contributed by atoms with Gasteiger partial charge in [-0.3, -0.25) is 4.90 Å². The Morgan fingerprint density at radius 2 is 0.843 bits per heavy atom. The van der Waals surface area contributed by atoms with E-state index in [9.17, 15) is 10.2 Å². The SMILES string of the molecule is CCCCN(CC(O)C[n+]1ccc(/C=C/c2ccc(N(CC)CC)cc2)cc1)CC(O)C[n+]1ccc(/C=C/c2ccc(N(CC)CC)cc2)cc1. The first-order chi connectivity index (χ1) is 24.8. The second-order valence-electron chi connectivity index (χ2n) is 13.3. The number of aliphatic hydroxyl groups is 2. The summed E-state index contributed by atoms with van der Waals surface area (Å²) in [6.45, 7) is 17.8. The van der Waals surface area contributed by atoms with Crippen LogP contribution in [0.25, 0.3) is 24.3 Å². The first kappa shape index (κ1) is 39.5. The van der Waals surface area contributed by atoms with Gasteiger partial charge in [-0.1, -0.05) is 61.9 Å². The molecular formula is C44H61N5O2+2. The van der Waals surface area contributed by atoms with Gasteiger partial charge < -0.3 is 20.0 Å². The Morgan fingerprint density at radius 1 is 0.510 bits per heavy atom. The van der Waals surface area contributed by atoms with Crippen LogP contribution in [-0.2, 0) is 13.1 Å². The van der Waals surface area contributed by atoms with Crippen molar-refractivity contribution in [1.82, 2.24) is 4.90 Å². The van der Waals surface area contributed by atoms with Gasteiger partial charge in [0.05, 0.1) is 0 Å². The van der Waals surface area contributed by atoms with Crippen LogP contribution in [0.2, 0.25) is 0 Å². The minimum Gasteiger partial charge on any atom is -0.385 e. The Bertz CT molecular complexity index is 1470. The number of rotatable bonds is 21. The van der Waals surface area contributed by atoms with Crippen molar-refractivity contribution in [3.8, 4) is 0 Å². The Kier molecular flexibility index (Phi) is 16.4. The summed E-state index contributed by atoms with van der Waals surface area (Å²) in [7, 11) is 0. The van der Waals surface area contributed by atoms with E-state index in [4.69, 9.17) is 0 Å². The zero-order valence-corrected chi connectivity index (χ0v) is 31.6. The number of anilines is 2. The highest BCUT2D eigenvalue weighted by atomic mass is 16.3. The third-order valence-corrected chi connectivity index (χ3v) is 9.42. The summed E-state index contributed by atoms with van der Waals surface area (Å²) in [6.07, 6.45) is 17.6. The summed E-state index contributed by atoms with van der Waals surface area (Å²) in [6, 6.07) is 25.7. The van der Waals surface area contributed by atoms with Crippen LogP contribution in [0.3, 0.4) is 0 Å². The van der Waals surface area contributed by atoms with Gasteiger partial charge in [-0.2, -0.15) is 0 Å². The van der Waals surface area contributed by atoms with E-state index in [-0.39, 0.29) is 0 Å². The highest BCUT2D eigenvalue weighted by Gasteiger charge is 2.20. The van der Waals surface area contributed by atoms with Gasteiger partial charge in [0.15, 0.2) is 37.9 Å². The molecule has 0 saturated carbocycles. The molecule has 2 unspecified atom stereocenters. The molecule has 0 radical (unpaired) electrons.